The van der Waals surface area contributed by atoms with Crippen LogP contribution in [0.25, 0.3) is 0 Å². The Morgan fingerprint density at radius 2 is 1.56 bits per heavy atom. The molecule has 15 heteroatoms. The normalized spacial score (nSPS) is 35.8. The Kier molecular flexibility index (Phi) is 18.4. The molecule has 4 aliphatic heterocycles. The molecule has 302 valence electrons. The van der Waals surface area contributed by atoms with Crippen molar-refractivity contribution in [3.05, 3.63) is 24.5 Å². The zero-order chi connectivity index (χ0) is 38.4. The third kappa shape index (κ3) is 11.2. The fraction of sp³-hybridized carbons (Fsp3) is 0.865. The maximum atomic E-state index is 12.6. The molecule has 8 N–H and O–H groups in total. The van der Waals surface area contributed by atoms with E-state index < -0.39 is 79.6 Å². The number of carbonyl (C=O) groups excluding carboxylic acids is 1. The van der Waals surface area contributed by atoms with E-state index in [0.29, 0.717) is 12.3 Å². The molecular weight excluding hydrogens is 684 g/mol. The first-order valence-corrected chi connectivity index (χ1v) is 19.1. The minimum atomic E-state index is -3.16. The van der Waals surface area contributed by atoms with Crippen LogP contribution in [0.5, 0.6) is 0 Å². The SMILES string of the molecule is CCCC/C=C\C=C/O[C@H](CC)CCC(CCC)CCCCCCCC(=O)O[C@@]1(O)[C@@]2(O)O[C@@H](CO[C@H]3O[C@@H](CO)[C@@H](O)[C@@H](O)[C@@H]3O)[C@@H](O)[C@]1(O)O2. The Morgan fingerprint density at radius 3 is 2.25 bits per heavy atom. The Labute approximate surface area is 307 Å². The van der Waals surface area contributed by atoms with Gasteiger partial charge in [-0.15, -0.1) is 0 Å². The number of hydrogen-bond acceptors (Lipinski definition) is 15. The van der Waals surface area contributed by atoms with Gasteiger partial charge in [-0.25, -0.2) is 0 Å². The topological polar surface area (TPSA) is 234 Å². The summed E-state index contributed by atoms with van der Waals surface area (Å²) < 4.78 is 31.6. The molecule has 2 bridgehead atoms. The van der Waals surface area contributed by atoms with E-state index in [1.807, 2.05) is 12.2 Å². The van der Waals surface area contributed by atoms with Crippen LogP contribution in [-0.4, -0.2) is 127 Å². The van der Waals surface area contributed by atoms with E-state index in [9.17, 15) is 45.6 Å². The Bertz CT molecular complexity index is 1100. The molecule has 4 heterocycles. The van der Waals surface area contributed by atoms with Gasteiger partial charge in [0.1, 0.15) is 36.6 Å². The van der Waals surface area contributed by atoms with E-state index in [-0.39, 0.29) is 12.5 Å². The van der Waals surface area contributed by atoms with Crippen LogP contribution in [0.1, 0.15) is 117 Å². The first-order valence-electron chi connectivity index (χ1n) is 19.1. The number of rotatable bonds is 25. The molecule has 0 aromatic heterocycles. The van der Waals surface area contributed by atoms with Crippen LogP contribution in [0, 0.1) is 5.92 Å². The van der Waals surface area contributed by atoms with Gasteiger partial charge in [0.15, 0.2) is 6.29 Å². The van der Waals surface area contributed by atoms with E-state index in [1.54, 1.807) is 6.26 Å². The molecule has 4 fully saturated rings. The summed E-state index contributed by atoms with van der Waals surface area (Å²) in [7, 11) is 0. The maximum Gasteiger partial charge on any atom is 0.359 e. The predicted octanol–water partition coefficient (Wildman–Crippen LogP) is 2.14. The van der Waals surface area contributed by atoms with Crippen LogP contribution in [0.4, 0.5) is 0 Å². The van der Waals surface area contributed by atoms with E-state index >= 15 is 0 Å². The van der Waals surface area contributed by atoms with E-state index in [2.05, 4.69) is 26.8 Å². The highest BCUT2D eigenvalue weighted by molar-refractivity contribution is 5.70. The lowest BCUT2D eigenvalue weighted by molar-refractivity contribution is -0.684. The lowest BCUT2D eigenvalue weighted by Crippen LogP contribution is -2.92. The summed E-state index contributed by atoms with van der Waals surface area (Å²) >= 11 is 0. The molecule has 15 nitrogen and oxygen atoms in total. The largest absolute Gasteiger partial charge is 0.498 e. The van der Waals surface area contributed by atoms with Crippen LogP contribution in [-0.2, 0) is 33.2 Å². The van der Waals surface area contributed by atoms with Crippen molar-refractivity contribution in [1.29, 1.82) is 0 Å². The van der Waals surface area contributed by atoms with Gasteiger partial charge in [0, 0.05) is 6.42 Å². The highest BCUT2D eigenvalue weighted by Gasteiger charge is 2.88. The number of carbonyl (C=O) groups is 1. The second-order valence-corrected chi connectivity index (χ2v) is 14.2. The van der Waals surface area contributed by atoms with Crippen molar-refractivity contribution in [2.24, 2.45) is 5.92 Å². The minimum Gasteiger partial charge on any atom is -0.498 e. The number of ether oxygens (including phenoxy) is 6. The maximum absolute atomic E-state index is 12.6. The number of aliphatic hydroxyl groups excluding tert-OH is 5. The monoisotopic (exact) mass is 748 g/mol. The quantitative estimate of drug-likeness (QED) is 0.0220. The summed E-state index contributed by atoms with van der Waals surface area (Å²) in [5.74, 6) is -9.52. The second kappa shape index (κ2) is 21.4. The van der Waals surface area contributed by atoms with E-state index in [0.717, 1.165) is 64.2 Å². The number of hydrogen-bond donors (Lipinski definition) is 8. The fourth-order valence-electron chi connectivity index (χ4n) is 6.85. The average molecular weight is 749 g/mol. The third-order valence-electron chi connectivity index (χ3n) is 10.2. The third-order valence-corrected chi connectivity index (χ3v) is 10.2. The lowest BCUT2D eigenvalue weighted by Gasteiger charge is -2.64. The molecule has 0 aliphatic carbocycles. The van der Waals surface area contributed by atoms with Gasteiger partial charge in [-0.05, 0) is 44.1 Å². The van der Waals surface area contributed by atoms with Gasteiger partial charge in [0.05, 0.1) is 25.6 Å². The predicted molar refractivity (Wildman–Crippen MR) is 186 cm³/mol. The molecule has 0 aromatic carbocycles. The Morgan fingerprint density at radius 1 is 0.827 bits per heavy atom. The van der Waals surface area contributed by atoms with Crippen LogP contribution < -0.4 is 0 Å². The molecule has 0 radical (unpaired) electrons. The van der Waals surface area contributed by atoms with Crippen molar-refractivity contribution < 1.29 is 74.1 Å². The highest BCUT2D eigenvalue weighted by atomic mass is 17.0. The first-order chi connectivity index (χ1) is 24.8. The summed E-state index contributed by atoms with van der Waals surface area (Å²) in [4.78, 5) is 12.6. The van der Waals surface area contributed by atoms with Crippen molar-refractivity contribution >= 4 is 5.97 Å². The second-order valence-electron chi connectivity index (χ2n) is 14.2. The summed E-state index contributed by atoms with van der Waals surface area (Å²) in [6, 6.07) is 0. The number of unbranched alkanes of at least 4 members (excludes halogenated alkanes) is 6. The van der Waals surface area contributed by atoms with Gasteiger partial charge in [-0.3, -0.25) is 9.53 Å². The molecule has 0 aromatic rings. The number of fused-ring (bicyclic) bond motifs is 2. The number of aliphatic hydroxyl groups is 8. The lowest BCUT2D eigenvalue weighted by atomic mass is 9.84. The molecular formula is C37H64O15. The van der Waals surface area contributed by atoms with Crippen molar-refractivity contribution in [3.8, 4) is 0 Å². The van der Waals surface area contributed by atoms with Crippen LogP contribution in [0.15, 0.2) is 24.5 Å². The summed E-state index contributed by atoms with van der Waals surface area (Å²) in [5, 5.41) is 82.6. The van der Waals surface area contributed by atoms with E-state index in [1.165, 1.54) is 19.3 Å². The van der Waals surface area contributed by atoms with Crippen molar-refractivity contribution in [3.63, 3.8) is 0 Å². The van der Waals surface area contributed by atoms with Gasteiger partial charge in [-0.2, -0.15) is 0 Å². The standard InChI is InChI=1S/C37H64O15/c1-4-7-8-9-13-16-22-47-26(6-3)21-20-25(17-5-2)18-14-11-10-12-15-19-29(39)51-36(45)35(44)33(43)28(50-37(36,46)52-35)24-48-34-32(42)31(41)30(40)27(23-38)49-34/h9,13,16,22,25-28,30-34,38,40-46H,4-8,10-12,14-15,17-21,23-24H2,1-3H3/b13-9-,22-16-/t25?,26-,27+,28+,30-,31-,32+,33-,34+,35+,36-,37-/m1/s1. The molecule has 0 saturated carbocycles. The van der Waals surface area contributed by atoms with Crippen LogP contribution in [0.2, 0.25) is 0 Å². The molecule has 4 saturated heterocycles. The van der Waals surface area contributed by atoms with Crippen LogP contribution in [0.3, 0.4) is 0 Å². The van der Waals surface area contributed by atoms with Crippen molar-refractivity contribution in [1.82, 2.24) is 0 Å². The van der Waals surface area contributed by atoms with Gasteiger partial charge in [-0.1, -0.05) is 90.7 Å². The number of allylic oxidation sites excluding steroid dienone is 3. The molecule has 12 atom stereocenters. The number of esters is 1. The molecule has 1 unspecified atom stereocenters. The molecule has 4 rings (SSSR count). The molecule has 0 spiro atoms. The first kappa shape index (κ1) is 44.7. The molecule has 52 heavy (non-hydrogen) atoms. The average Bonchev–Trinajstić information content (AvgIpc) is 3.12. The Balaban J connectivity index is 1.35. The zero-order valence-electron chi connectivity index (χ0n) is 31.0. The van der Waals surface area contributed by atoms with Crippen LogP contribution >= 0.6 is 0 Å². The Hall–Kier alpha value is -1.73. The fourth-order valence-corrected chi connectivity index (χ4v) is 6.85. The van der Waals surface area contributed by atoms with Gasteiger partial charge in [0.2, 0.25) is 0 Å². The summed E-state index contributed by atoms with van der Waals surface area (Å²) in [6.07, 6.45) is 10.5. The summed E-state index contributed by atoms with van der Waals surface area (Å²) in [6.45, 7) is 5.14. The van der Waals surface area contributed by atoms with Gasteiger partial charge >= 0.3 is 17.7 Å². The molecule has 4 aliphatic rings. The van der Waals surface area contributed by atoms with Crippen molar-refractivity contribution in [2.75, 3.05) is 13.2 Å². The molecule has 0 amide bonds. The van der Waals surface area contributed by atoms with E-state index in [4.69, 9.17) is 28.4 Å². The smallest absolute Gasteiger partial charge is 0.359 e. The van der Waals surface area contributed by atoms with Gasteiger partial charge < -0.3 is 64.5 Å². The van der Waals surface area contributed by atoms with Gasteiger partial charge in [0.25, 0.3) is 5.79 Å². The summed E-state index contributed by atoms with van der Waals surface area (Å²) in [5.41, 5.74) is 0. The zero-order valence-corrected chi connectivity index (χ0v) is 31.0. The minimum absolute atomic E-state index is 0.131. The van der Waals surface area contributed by atoms with Crippen molar-refractivity contribution in [2.45, 2.75) is 184 Å². The highest BCUT2D eigenvalue weighted by Crippen LogP contribution is 2.56.